The van der Waals surface area contributed by atoms with Crippen molar-refractivity contribution in [1.82, 2.24) is 5.32 Å². The molecule has 10 heavy (non-hydrogen) atoms. The van der Waals surface area contributed by atoms with Crippen molar-refractivity contribution in [2.24, 2.45) is 16.0 Å². The topological polar surface area (TPSA) is 104 Å². The lowest BCUT2D eigenvalue weighted by atomic mass is 10.3. The maximum Gasteiger partial charge on any atom is 0.254 e. The summed E-state index contributed by atoms with van der Waals surface area (Å²) >= 11 is 0. The molecular formula is C4H7N5O. The van der Waals surface area contributed by atoms with Crippen LogP contribution in [0.5, 0.6) is 0 Å². The van der Waals surface area contributed by atoms with Crippen LogP contribution in [-0.2, 0) is 4.79 Å². The molecule has 1 atom stereocenters. The van der Waals surface area contributed by atoms with Crippen LogP contribution < -0.4 is 11.1 Å². The van der Waals surface area contributed by atoms with Crippen LogP contribution in [-0.4, -0.2) is 24.5 Å². The van der Waals surface area contributed by atoms with Gasteiger partial charge in [0.25, 0.3) is 5.91 Å². The molecule has 0 aliphatic carbocycles. The highest BCUT2D eigenvalue weighted by atomic mass is 16.2. The van der Waals surface area contributed by atoms with Gasteiger partial charge in [-0.25, -0.2) is 0 Å². The summed E-state index contributed by atoms with van der Waals surface area (Å²) in [7, 11) is 0. The summed E-state index contributed by atoms with van der Waals surface area (Å²) in [4.78, 5) is 10.8. The van der Waals surface area contributed by atoms with E-state index >= 15 is 0 Å². The molecule has 0 radical (unpaired) electrons. The van der Waals surface area contributed by atoms with E-state index in [4.69, 9.17) is 11.1 Å². The third kappa shape index (κ3) is 1.16. The molecule has 0 spiro atoms. The van der Waals surface area contributed by atoms with Gasteiger partial charge in [0.15, 0.2) is 6.04 Å². The molecule has 0 saturated heterocycles. The van der Waals surface area contributed by atoms with Crippen molar-refractivity contribution in [2.45, 2.75) is 6.04 Å². The van der Waals surface area contributed by atoms with Gasteiger partial charge in [-0.1, -0.05) is 0 Å². The second kappa shape index (κ2) is 2.53. The number of azo groups is 1. The number of carbonyl (C=O) groups excluding carboxylic acids is 1. The third-order valence-electron chi connectivity index (χ3n) is 1.06. The van der Waals surface area contributed by atoms with Gasteiger partial charge in [0.1, 0.15) is 0 Å². The van der Waals surface area contributed by atoms with E-state index in [1.165, 1.54) is 0 Å². The number of nitrogens with two attached hydrogens (primary N) is 1. The Kier molecular flexibility index (Phi) is 1.72. The van der Waals surface area contributed by atoms with E-state index in [0.29, 0.717) is 0 Å². The Morgan fingerprint density at radius 1 is 1.80 bits per heavy atom. The van der Waals surface area contributed by atoms with Crippen LogP contribution in [0.4, 0.5) is 0 Å². The van der Waals surface area contributed by atoms with Gasteiger partial charge in [-0.05, 0) is 0 Å². The number of nitrogens with zero attached hydrogens (tertiary/aromatic N) is 2. The van der Waals surface area contributed by atoms with Crippen molar-refractivity contribution < 1.29 is 4.79 Å². The lowest BCUT2D eigenvalue weighted by Crippen LogP contribution is -2.43. The van der Waals surface area contributed by atoms with Gasteiger partial charge in [-0.2, -0.15) is 5.11 Å². The number of hydrogen-bond donors (Lipinski definition) is 3. The van der Waals surface area contributed by atoms with Gasteiger partial charge in [0.2, 0.25) is 5.96 Å². The number of hydrogen-bond acceptors (Lipinski definition) is 4. The second-order valence-electron chi connectivity index (χ2n) is 1.80. The lowest BCUT2D eigenvalue weighted by molar-refractivity contribution is -0.121. The molecule has 0 aromatic carbocycles. The molecule has 0 aromatic rings. The van der Waals surface area contributed by atoms with Crippen LogP contribution >= 0.6 is 0 Å². The predicted octanol–water partition coefficient (Wildman–Crippen LogP) is -1.17. The highest BCUT2D eigenvalue weighted by Crippen LogP contribution is 1.95. The second-order valence-corrected chi connectivity index (χ2v) is 1.80. The summed E-state index contributed by atoms with van der Waals surface area (Å²) in [6.07, 6.45) is 0. The van der Waals surface area contributed by atoms with E-state index in [9.17, 15) is 4.79 Å². The van der Waals surface area contributed by atoms with Crippen molar-refractivity contribution in [1.29, 1.82) is 5.41 Å². The lowest BCUT2D eigenvalue weighted by Gasteiger charge is -2.11. The first-order chi connectivity index (χ1) is 4.74. The highest BCUT2D eigenvalue weighted by molar-refractivity contribution is 5.99. The maximum absolute atomic E-state index is 10.8. The van der Waals surface area contributed by atoms with Crippen LogP contribution in [0.15, 0.2) is 10.2 Å². The first-order valence-corrected chi connectivity index (χ1v) is 2.74. The standard InChI is InChI=1S/C4H7N5O/c5-1-2-3(10)7-4(6)9-8-2/h2H,1,5H2,(H2,6,7,10). The number of rotatable bonds is 1. The van der Waals surface area contributed by atoms with Crippen LogP contribution in [0.3, 0.4) is 0 Å². The predicted molar refractivity (Wildman–Crippen MR) is 33.6 cm³/mol. The molecule has 6 heteroatoms. The normalized spacial score (nSPS) is 24.7. The molecule has 0 fully saturated rings. The number of nitrogens with one attached hydrogen (secondary N) is 2. The van der Waals surface area contributed by atoms with E-state index in [0.717, 1.165) is 0 Å². The Bertz CT molecular complexity index is 198. The average molecular weight is 141 g/mol. The van der Waals surface area contributed by atoms with Crippen molar-refractivity contribution >= 4 is 11.9 Å². The molecule has 4 N–H and O–H groups in total. The van der Waals surface area contributed by atoms with Gasteiger partial charge < -0.3 is 5.73 Å². The third-order valence-corrected chi connectivity index (χ3v) is 1.06. The number of carbonyl (C=O) groups is 1. The summed E-state index contributed by atoms with van der Waals surface area (Å²) in [5.41, 5.74) is 5.15. The van der Waals surface area contributed by atoms with E-state index < -0.39 is 6.04 Å². The maximum atomic E-state index is 10.8. The molecule has 1 aliphatic heterocycles. The molecule has 1 unspecified atom stereocenters. The molecule has 1 aliphatic rings. The SMILES string of the molecule is N=C1N=NC(CN)C(=O)N1. The molecular weight excluding hydrogens is 134 g/mol. The Labute approximate surface area is 57.0 Å². The molecule has 6 nitrogen and oxygen atoms in total. The van der Waals surface area contributed by atoms with Crippen molar-refractivity contribution in [3.05, 3.63) is 0 Å². The molecule has 54 valence electrons. The zero-order valence-electron chi connectivity index (χ0n) is 5.16. The molecule has 0 aromatic heterocycles. The summed E-state index contributed by atoms with van der Waals surface area (Å²) in [5.74, 6) is -0.586. The summed E-state index contributed by atoms with van der Waals surface area (Å²) in [5, 5.41) is 15.8. The number of guanidine groups is 1. The zero-order chi connectivity index (χ0) is 7.56. The van der Waals surface area contributed by atoms with Crippen LogP contribution in [0.2, 0.25) is 0 Å². The fourth-order valence-corrected chi connectivity index (χ4v) is 0.559. The first kappa shape index (κ1) is 6.81. The Morgan fingerprint density at radius 2 is 2.50 bits per heavy atom. The molecule has 1 amide bonds. The average Bonchev–Trinajstić information content (AvgIpc) is 1.88. The van der Waals surface area contributed by atoms with Gasteiger partial charge in [0, 0.05) is 6.54 Å². The minimum atomic E-state index is -0.617. The molecule has 1 heterocycles. The molecule has 1 rings (SSSR count). The van der Waals surface area contributed by atoms with Crippen molar-refractivity contribution in [2.75, 3.05) is 6.54 Å². The minimum absolute atomic E-state index is 0.128. The largest absolute Gasteiger partial charge is 0.328 e. The first-order valence-electron chi connectivity index (χ1n) is 2.74. The zero-order valence-corrected chi connectivity index (χ0v) is 5.16. The van der Waals surface area contributed by atoms with E-state index in [2.05, 4.69) is 15.5 Å². The Hall–Kier alpha value is -1.30. The monoisotopic (exact) mass is 141 g/mol. The minimum Gasteiger partial charge on any atom is -0.328 e. The molecule has 0 bridgehead atoms. The Morgan fingerprint density at radius 3 is 3.00 bits per heavy atom. The van der Waals surface area contributed by atoms with E-state index in [1.54, 1.807) is 0 Å². The number of amides is 1. The molecule has 0 saturated carbocycles. The van der Waals surface area contributed by atoms with Gasteiger partial charge in [-0.3, -0.25) is 15.5 Å². The smallest absolute Gasteiger partial charge is 0.254 e. The van der Waals surface area contributed by atoms with Gasteiger partial charge in [-0.15, -0.1) is 5.11 Å². The van der Waals surface area contributed by atoms with Gasteiger partial charge >= 0.3 is 0 Å². The van der Waals surface area contributed by atoms with Gasteiger partial charge in [0.05, 0.1) is 0 Å². The Balaban J connectivity index is 2.71. The van der Waals surface area contributed by atoms with Crippen LogP contribution in [0.25, 0.3) is 0 Å². The summed E-state index contributed by atoms with van der Waals surface area (Å²) in [6, 6.07) is -0.617. The van der Waals surface area contributed by atoms with Crippen LogP contribution in [0.1, 0.15) is 0 Å². The fraction of sp³-hybridized carbons (Fsp3) is 0.500. The quantitative estimate of drug-likeness (QED) is 0.428. The fourth-order valence-electron chi connectivity index (χ4n) is 0.559. The van der Waals surface area contributed by atoms with E-state index in [-0.39, 0.29) is 18.4 Å². The summed E-state index contributed by atoms with van der Waals surface area (Å²) < 4.78 is 0. The van der Waals surface area contributed by atoms with Crippen molar-refractivity contribution in [3.63, 3.8) is 0 Å². The highest BCUT2D eigenvalue weighted by Gasteiger charge is 2.20. The van der Waals surface area contributed by atoms with Crippen molar-refractivity contribution in [3.8, 4) is 0 Å². The van der Waals surface area contributed by atoms with Crippen LogP contribution in [0, 0.1) is 5.41 Å². The summed E-state index contributed by atoms with van der Waals surface area (Å²) in [6.45, 7) is 0.128. The van der Waals surface area contributed by atoms with E-state index in [1.807, 2.05) is 0 Å².